The van der Waals surface area contributed by atoms with Crippen LogP contribution >= 0.6 is 0 Å². The molecule has 0 unspecified atom stereocenters. The first kappa shape index (κ1) is 16.0. The Morgan fingerprint density at radius 3 is 2.38 bits per heavy atom. The maximum absolute atomic E-state index is 9.67. The van der Waals surface area contributed by atoms with Crippen LogP contribution in [0.15, 0.2) is 6.07 Å². The van der Waals surface area contributed by atoms with Crippen LogP contribution in [0.2, 0.25) is 0 Å². The molecule has 1 aromatic heterocycles. The predicted octanol–water partition coefficient (Wildman–Crippen LogP) is 2.02. The average Bonchev–Trinajstić information content (AvgIpc) is 2.93. The summed E-state index contributed by atoms with van der Waals surface area (Å²) in [7, 11) is 0. The average molecular weight is 293 g/mol. The van der Waals surface area contributed by atoms with E-state index in [9.17, 15) is 5.11 Å². The minimum Gasteiger partial charge on any atom is -0.396 e. The predicted molar refractivity (Wildman–Crippen MR) is 85.0 cm³/mol. The number of aliphatic hydroxyl groups excluding tert-OH is 1. The lowest BCUT2D eigenvalue weighted by molar-refractivity contribution is 0.142. The summed E-state index contributed by atoms with van der Waals surface area (Å²) in [4.78, 5) is 8.98. The van der Waals surface area contributed by atoms with Crippen molar-refractivity contribution in [1.82, 2.24) is 9.97 Å². The Morgan fingerprint density at radius 1 is 1.24 bits per heavy atom. The fourth-order valence-corrected chi connectivity index (χ4v) is 2.74. The zero-order chi connectivity index (χ0) is 15.5. The summed E-state index contributed by atoms with van der Waals surface area (Å²) in [6.45, 7) is 7.16. The van der Waals surface area contributed by atoms with Crippen molar-refractivity contribution >= 4 is 11.6 Å². The Morgan fingerprint density at radius 2 is 1.86 bits per heavy atom. The minimum absolute atomic E-state index is 0.0108. The molecule has 1 aliphatic carbocycles. The third kappa shape index (κ3) is 3.83. The number of rotatable bonds is 5. The molecule has 1 aromatic rings. The van der Waals surface area contributed by atoms with Crippen LogP contribution in [0.1, 0.15) is 52.3 Å². The zero-order valence-corrected chi connectivity index (χ0v) is 13.2. The van der Waals surface area contributed by atoms with Gasteiger partial charge in [-0.2, -0.15) is 0 Å². The standard InChI is InChI=1S/C15H27N5O/c1-14(2,3)13-18-11(8-12(19-13)20-16)17-9-15(10-21)6-4-5-7-15/h8,21H,4-7,9-10,16H2,1-3H3,(H2,17,18,19,20). The molecular formula is C15H27N5O. The SMILES string of the molecule is CC(C)(C)c1nc(NN)cc(NCC2(CO)CCCC2)n1. The van der Waals surface area contributed by atoms with Gasteiger partial charge in [0.05, 0.1) is 6.61 Å². The van der Waals surface area contributed by atoms with Crippen LogP contribution < -0.4 is 16.6 Å². The normalized spacial score (nSPS) is 17.8. The summed E-state index contributed by atoms with van der Waals surface area (Å²) < 4.78 is 0. The molecule has 0 amide bonds. The molecule has 21 heavy (non-hydrogen) atoms. The lowest BCUT2D eigenvalue weighted by atomic mass is 9.87. The van der Waals surface area contributed by atoms with Crippen LogP contribution in [0.5, 0.6) is 0 Å². The Bertz CT molecular complexity index is 477. The molecule has 1 fully saturated rings. The van der Waals surface area contributed by atoms with E-state index in [1.54, 1.807) is 6.07 Å². The van der Waals surface area contributed by atoms with E-state index >= 15 is 0 Å². The number of aromatic nitrogens is 2. The Hall–Kier alpha value is -1.40. The minimum atomic E-state index is -0.148. The molecule has 1 aliphatic rings. The number of anilines is 2. The summed E-state index contributed by atoms with van der Waals surface area (Å²) >= 11 is 0. The number of hydrogen-bond acceptors (Lipinski definition) is 6. The highest BCUT2D eigenvalue weighted by Crippen LogP contribution is 2.37. The monoisotopic (exact) mass is 293 g/mol. The number of nitrogens with zero attached hydrogens (tertiary/aromatic N) is 2. The number of aliphatic hydroxyl groups is 1. The molecular weight excluding hydrogens is 266 g/mol. The molecule has 0 aromatic carbocycles. The second-order valence-electron chi connectivity index (χ2n) is 7.08. The van der Waals surface area contributed by atoms with Gasteiger partial charge in [-0.25, -0.2) is 15.8 Å². The van der Waals surface area contributed by atoms with Crippen LogP contribution in [0.25, 0.3) is 0 Å². The van der Waals surface area contributed by atoms with E-state index in [-0.39, 0.29) is 17.4 Å². The summed E-state index contributed by atoms with van der Waals surface area (Å²) in [6, 6.07) is 1.80. The molecule has 6 heteroatoms. The van der Waals surface area contributed by atoms with E-state index in [1.165, 1.54) is 12.8 Å². The highest BCUT2D eigenvalue weighted by molar-refractivity contribution is 5.47. The molecule has 0 aliphatic heterocycles. The van der Waals surface area contributed by atoms with E-state index in [0.29, 0.717) is 5.82 Å². The van der Waals surface area contributed by atoms with Gasteiger partial charge in [0.15, 0.2) is 0 Å². The van der Waals surface area contributed by atoms with Crippen molar-refractivity contribution in [1.29, 1.82) is 0 Å². The molecule has 0 saturated heterocycles. The van der Waals surface area contributed by atoms with Gasteiger partial charge in [0.25, 0.3) is 0 Å². The fraction of sp³-hybridized carbons (Fsp3) is 0.733. The Balaban J connectivity index is 2.15. The van der Waals surface area contributed by atoms with Crippen molar-refractivity contribution in [3.63, 3.8) is 0 Å². The van der Waals surface area contributed by atoms with Gasteiger partial charge in [0, 0.05) is 23.4 Å². The van der Waals surface area contributed by atoms with Crippen LogP contribution in [0.4, 0.5) is 11.6 Å². The van der Waals surface area contributed by atoms with Crippen molar-refractivity contribution < 1.29 is 5.11 Å². The molecule has 0 spiro atoms. The van der Waals surface area contributed by atoms with E-state index in [4.69, 9.17) is 5.84 Å². The van der Waals surface area contributed by atoms with E-state index in [1.807, 2.05) is 0 Å². The zero-order valence-electron chi connectivity index (χ0n) is 13.2. The maximum Gasteiger partial charge on any atom is 0.145 e. The maximum atomic E-state index is 9.67. The number of nitrogens with two attached hydrogens (primary N) is 1. The molecule has 1 heterocycles. The Kier molecular flexibility index (Phi) is 4.68. The van der Waals surface area contributed by atoms with Gasteiger partial charge in [0.2, 0.25) is 0 Å². The molecule has 0 radical (unpaired) electrons. The number of hydrogen-bond donors (Lipinski definition) is 4. The van der Waals surface area contributed by atoms with Gasteiger partial charge in [-0.1, -0.05) is 33.6 Å². The van der Waals surface area contributed by atoms with Crippen LogP contribution in [0.3, 0.4) is 0 Å². The molecule has 118 valence electrons. The fourth-order valence-electron chi connectivity index (χ4n) is 2.74. The first-order valence-electron chi connectivity index (χ1n) is 7.59. The van der Waals surface area contributed by atoms with Gasteiger partial charge < -0.3 is 15.8 Å². The number of nitrogens with one attached hydrogen (secondary N) is 2. The second-order valence-corrected chi connectivity index (χ2v) is 7.08. The van der Waals surface area contributed by atoms with Crippen LogP contribution in [0, 0.1) is 5.41 Å². The summed E-state index contributed by atoms with van der Waals surface area (Å²) in [5.74, 6) is 7.59. The van der Waals surface area contributed by atoms with Crippen molar-refractivity contribution in [3.8, 4) is 0 Å². The van der Waals surface area contributed by atoms with Gasteiger partial charge in [-0.05, 0) is 12.8 Å². The smallest absolute Gasteiger partial charge is 0.145 e. The second kappa shape index (κ2) is 6.15. The third-order valence-electron chi connectivity index (χ3n) is 4.19. The van der Waals surface area contributed by atoms with Gasteiger partial charge in [-0.15, -0.1) is 0 Å². The molecule has 2 rings (SSSR count). The summed E-state index contributed by atoms with van der Waals surface area (Å²) in [5.41, 5.74) is 2.43. The van der Waals surface area contributed by atoms with E-state index in [0.717, 1.165) is 31.0 Å². The van der Waals surface area contributed by atoms with E-state index in [2.05, 4.69) is 41.5 Å². The van der Waals surface area contributed by atoms with Gasteiger partial charge in [0.1, 0.15) is 17.5 Å². The highest BCUT2D eigenvalue weighted by atomic mass is 16.3. The quantitative estimate of drug-likeness (QED) is 0.490. The van der Waals surface area contributed by atoms with Gasteiger partial charge in [-0.3, -0.25) is 0 Å². The van der Waals surface area contributed by atoms with Crippen LogP contribution in [-0.4, -0.2) is 28.2 Å². The number of hydrazine groups is 1. The van der Waals surface area contributed by atoms with Crippen molar-refractivity contribution in [2.75, 3.05) is 23.9 Å². The molecule has 6 nitrogen and oxygen atoms in total. The first-order valence-corrected chi connectivity index (χ1v) is 7.59. The summed E-state index contributed by atoms with van der Waals surface area (Å²) in [5, 5.41) is 13.0. The van der Waals surface area contributed by atoms with Crippen molar-refractivity contribution in [3.05, 3.63) is 11.9 Å². The third-order valence-corrected chi connectivity index (χ3v) is 4.19. The molecule has 0 atom stereocenters. The largest absolute Gasteiger partial charge is 0.396 e. The number of nitrogen functional groups attached to an aromatic ring is 1. The van der Waals surface area contributed by atoms with Crippen LogP contribution in [-0.2, 0) is 5.41 Å². The van der Waals surface area contributed by atoms with Crippen molar-refractivity contribution in [2.45, 2.75) is 51.9 Å². The highest BCUT2D eigenvalue weighted by Gasteiger charge is 2.33. The summed E-state index contributed by atoms with van der Waals surface area (Å²) in [6.07, 6.45) is 4.51. The lowest BCUT2D eigenvalue weighted by Crippen LogP contribution is -2.31. The lowest BCUT2D eigenvalue weighted by Gasteiger charge is -2.27. The van der Waals surface area contributed by atoms with E-state index < -0.39 is 0 Å². The topological polar surface area (TPSA) is 96.1 Å². The first-order chi connectivity index (χ1) is 9.88. The van der Waals surface area contributed by atoms with Gasteiger partial charge >= 0.3 is 0 Å². The van der Waals surface area contributed by atoms with Crippen molar-refractivity contribution in [2.24, 2.45) is 11.3 Å². The Labute approximate surface area is 126 Å². The molecule has 1 saturated carbocycles. The molecule has 0 bridgehead atoms. The molecule has 5 N–H and O–H groups in total.